The summed E-state index contributed by atoms with van der Waals surface area (Å²) in [6, 6.07) is 4.58. The summed E-state index contributed by atoms with van der Waals surface area (Å²) in [6.07, 6.45) is 0. The fraction of sp³-hybridized carbons (Fsp3) is 0.300. The van der Waals surface area contributed by atoms with Gasteiger partial charge in [-0.25, -0.2) is 4.39 Å². The Balaban J connectivity index is 2.62. The van der Waals surface area contributed by atoms with Crippen LogP contribution in [0.1, 0.15) is 6.92 Å². The lowest BCUT2D eigenvalue weighted by Crippen LogP contribution is -2.20. The van der Waals surface area contributed by atoms with E-state index >= 15 is 0 Å². The Morgan fingerprint density at radius 3 is 2.87 bits per heavy atom. The Morgan fingerprint density at radius 2 is 2.33 bits per heavy atom. The van der Waals surface area contributed by atoms with Crippen LogP contribution in [0.15, 0.2) is 22.7 Å². The zero-order chi connectivity index (χ0) is 11.4. The van der Waals surface area contributed by atoms with Crippen molar-refractivity contribution in [2.45, 2.75) is 6.92 Å². The largest absolute Gasteiger partial charge is 0.481 e. The number of rotatable bonds is 4. The van der Waals surface area contributed by atoms with Gasteiger partial charge in [-0.2, -0.15) is 0 Å². The summed E-state index contributed by atoms with van der Waals surface area (Å²) in [6.45, 7) is 1.76. The maximum Gasteiger partial charge on any atom is 0.308 e. The topological polar surface area (TPSA) is 49.3 Å². The van der Waals surface area contributed by atoms with E-state index in [1.165, 1.54) is 6.07 Å². The lowest BCUT2D eigenvalue weighted by molar-refractivity contribution is -0.140. The third-order valence-corrected chi connectivity index (χ3v) is 2.44. The van der Waals surface area contributed by atoms with E-state index in [1.54, 1.807) is 19.1 Å². The molecule has 0 aliphatic carbocycles. The van der Waals surface area contributed by atoms with Crippen LogP contribution in [0.5, 0.6) is 0 Å². The van der Waals surface area contributed by atoms with Crippen LogP contribution in [0, 0.1) is 11.7 Å². The third-order valence-electron chi connectivity index (χ3n) is 1.95. The summed E-state index contributed by atoms with van der Waals surface area (Å²) in [5.41, 5.74) is 0.311. The number of benzene rings is 1. The van der Waals surface area contributed by atoms with E-state index in [0.29, 0.717) is 10.2 Å². The standard InChI is InChI=1S/C10H11BrFNO2/c1-6(10(14)15)5-13-9-3-2-7(11)4-8(9)12/h2-4,6,13H,5H2,1H3,(H,14,15). The first-order valence-corrected chi connectivity index (χ1v) is 5.21. The quantitative estimate of drug-likeness (QED) is 0.889. The molecule has 0 aliphatic rings. The lowest BCUT2D eigenvalue weighted by Gasteiger charge is -2.10. The van der Waals surface area contributed by atoms with Gasteiger partial charge in [0.15, 0.2) is 0 Å². The van der Waals surface area contributed by atoms with Crippen molar-refractivity contribution in [3.8, 4) is 0 Å². The van der Waals surface area contributed by atoms with Crippen LogP contribution in [0.25, 0.3) is 0 Å². The molecule has 1 unspecified atom stereocenters. The highest BCUT2D eigenvalue weighted by atomic mass is 79.9. The second kappa shape index (κ2) is 5.11. The van der Waals surface area contributed by atoms with Crippen LogP contribution < -0.4 is 5.32 Å². The Bertz CT molecular complexity index is 370. The highest BCUT2D eigenvalue weighted by molar-refractivity contribution is 9.10. The number of carboxylic acids is 1. The van der Waals surface area contributed by atoms with Crippen molar-refractivity contribution in [3.63, 3.8) is 0 Å². The molecule has 1 atom stereocenters. The van der Waals surface area contributed by atoms with Crippen molar-refractivity contribution in [2.24, 2.45) is 5.92 Å². The van der Waals surface area contributed by atoms with Crippen molar-refractivity contribution < 1.29 is 14.3 Å². The molecule has 0 bridgehead atoms. The Labute approximate surface area is 95.4 Å². The van der Waals surface area contributed by atoms with Crippen molar-refractivity contribution in [2.75, 3.05) is 11.9 Å². The number of halogens is 2. The Hall–Kier alpha value is -1.10. The lowest BCUT2D eigenvalue weighted by atomic mass is 10.2. The molecule has 0 radical (unpaired) electrons. The molecule has 0 fully saturated rings. The molecule has 15 heavy (non-hydrogen) atoms. The first-order chi connectivity index (χ1) is 7.00. The molecule has 0 heterocycles. The summed E-state index contributed by atoms with van der Waals surface area (Å²) in [7, 11) is 0. The van der Waals surface area contributed by atoms with E-state index in [0.717, 1.165) is 0 Å². The first-order valence-electron chi connectivity index (χ1n) is 4.42. The van der Waals surface area contributed by atoms with E-state index in [-0.39, 0.29) is 6.54 Å². The molecule has 5 heteroatoms. The average molecular weight is 276 g/mol. The van der Waals surface area contributed by atoms with Gasteiger partial charge in [-0.3, -0.25) is 4.79 Å². The second-order valence-electron chi connectivity index (χ2n) is 3.24. The molecule has 0 spiro atoms. The van der Waals surface area contributed by atoms with Gasteiger partial charge in [0.05, 0.1) is 11.6 Å². The van der Waals surface area contributed by atoms with Gasteiger partial charge >= 0.3 is 5.97 Å². The predicted molar refractivity (Wildman–Crippen MR) is 59.4 cm³/mol. The van der Waals surface area contributed by atoms with E-state index in [4.69, 9.17) is 5.11 Å². The highest BCUT2D eigenvalue weighted by Gasteiger charge is 2.11. The minimum atomic E-state index is -0.903. The normalized spacial score (nSPS) is 12.2. The maximum atomic E-state index is 13.3. The third kappa shape index (κ3) is 3.51. The van der Waals surface area contributed by atoms with E-state index in [9.17, 15) is 9.18 Å². The molecule has 1 rings (SSSR count). The summed E-state index contributed by atoms with van der Waals surface area (Å²) >= 11 is 3.14. The maximum absolute atomic E-state index is 13.3. The first kappa shape index (κ1) is 12.0. The summed E-state index contributed by atoms with van der Waals surface area (Å²) < 4.78 is 13.9. The van der Waals surface area contributed by atoms with Gasteiger partial charge in [-0.05, 0) is 18.2 Å². The number of carboxylic acid groups (broad SMARTS) is 1. The zero-order valence-electron chi connectivity index (χ0n) is 8.13. The van der Waals surface area contributed by atoms with Crippen LogP contribution in [-0.4, -0.2) is 17.6 Å². The average Bonchev–Trinajstić information content (AvgIpc) is 2.15. The minimum Gasteiger partial charge on any atom is -0.481 e. The van der Waals surface area contributed by atoms with Crippen LogP contribution in [0.2, 0.25) is 0 Å². The zero-order valence-corrected chi connectivity index (χ0v) is 9.71. The van der Waals surface area contributed by atoms with E-state index in [2.05, 4.69) is 21.2 Å². The van der Waals surface area contributed by atoms with Crippen LogP contribution >= 0.6 is 15.9 Å². The highest BCUT2D eigenvalue weighted by Crippen LogP contribution is 2.19. The summed E-state index contributed by atoms with van der Waals surface area (Å²) in [5, 5.41) is 11.4. The number of aliphatic carboxylic acids is 1. The molecular weight excluding hydrogens is 265 g/mol. The number of nitrogens with one attached hydrogen (secondary N) is 1. The van der Waals surface area contributed by atoms with E-state index in [1.807, 2.05) is 0 Å². The molecule has 0 aliphatic heterocycles. The van der Waals surface area contributed by atoms with Gasteiger partial charge < -0.3 is 10.4 Å². The fourth-order valence-electron chi connectivity index (χ4n) is 0.983. The van der Waals surface area contributed by atoms with E-state index < -0.39 is 17.7 Å². The molecule has 2 N–H and O–H groups in total. The molecule has 0 aromatic heterocycles. The monoisotopic (exact) mass is 275 g/mol. The number of hydrogen-bond donors (Lipinski definition) is 2. The SMILES string of the molecule is CC(CNc1ccc(Br)cc1F)C(=O)O. The van der Waals surface area contributed by atoms with Gasteiger partial charge in [0.1, 0.15) is 5.82 Å². The van der Waals surface area contributed by atoms with Crippen LogP contribution in [-0.2, 0) is 4.79 Å². The van der Waals surface area contributed by atoms with Crippen LogP contribution in [0.4, 0.5) is 10.1 Å². The molecule has 82 valence electrons. The predicted octanol–water partition coefficient (Wildman–Crippen LogP) is 2.72. The van der Waals surface area contributed by atoms with Gasteiger partial charge in [0.2, 0.25) is 0 Å². The van der Waals surface area contributed by atoms with Crippen molar-refractivity contribution in [1.29, 1.82) is 0 Å². The smallest absolute Gasteiger partial charge is 0.308 e. The Kier molecular flexibility index (Phi) is 4.08. The molecule has 0 saturated heterocycles. The second-order valence-corrected chi connectivity index (χ2v) is 4.16. The van der Waals surface area contributed by atoms with Crippen LogP contribution in [0.3, 0.4) is 0 Å². The van der Waals surface area contributed by atoms with Crippen molar-refractivity contribution >= 4 is 27.6 Å². The summed E-state index contributed by atoms with van der Waals surface area (Å²) in [5.74, 6) is -1.85. The minimum absolute atomic E-state index is 0.202. The fourth-order valence-corrected chi connectivity index (χ4v) is 1.32. The van der Waals surface area contributed by atoms with Crippen molar-refractivity contribution in [1.82, 2.24) is 0 Å². The molecule has 1 aromatic rings. The van der Waals surface area contributed by atoms with Gasteiger partial charge in [-0.1, -0.05) is 22.9 Å². The van der Waals surface area contributed by atoms with Crippen molar-refractivity contribution in [3.05, 3.63) is 28.5 Å². The molecule has 3 nitrogen and oxygen atoms in total. The molecular formula is C10H11BrFNO2. The number of anilines is 1. The van der Waals surface area contributed by atoms with Gasteiger partial charge in [-0.15, -0.1) is 0 Å². The molecule has 0 saturated carbocycles. The van der Waals surface area contributed by atoms with Gasteiger partial charge in [0.25, 0.3) is 0 Å². The number of carbonyl (C=O) groups is 1. The van der Waals surface area contributed by atoms with Gasteiger partial charge in [0, 0.05) is 11.0 Å². The number of hydrogen-bond acceptors (Lipinski definition) is 2. The Morgan fingerprint density at radius 1 is 1.67 bits per heavy atom. The summed E-state index contributed by atoms with van der Waals surface area (Å²) in [4.78, 5) is 10.5. The molecule has 1 aromatic carbocycles. The molecule has 0 amide bonds.